The van der Waals surface area contributed by atoms with Gasteiger partial charge in [0.25, 0.3) is 0 Å². The van der Waals surface area contributed by atoms with Crippen molar-refractivity contribution in [3.63, 3.8) is 0 Å². The maximum atomic E-state index is 6.63. The van der Waals surface area contributed by atoms with Gasteiger partial charge in [-0.2, -0.15) is 0 Å². The van der Waals surface area contributed by atoms with Crippen LogP contribution in [0.5, 0.6) is 0 Å². The van der Waals surface area contributed by atoms with E-state index in [2.05, 4.69) is 209 Å². The summed E-state index contributed by atoms with van der Waals surface area (Å²) in [6.45, 7) is 0. The van der Waals surface area contributed by atoms with Crippen LogP contribution in [0.25, 0.3) is 66.3 Å². The molecule has 6 nitrogen and oxygen atoms in total. The quantitative estimate of drug-likeness (QED) is 0.161. The van der Waals surface area contributed by atoms with E-state index in [0.717, 1.165) is 91.4 Å². The summed E-state index contributed by atoms with van der Waals surface area (Å²) in [4.78, 5) is 14.5. The van der Waals surface area contributed by atoms with Crippen molar-refractivity contribution in [3.8, 4) is 5.82 Å². The maximum Gasteiger partial charge on any atom is 0.196 e. The van der Waals surface area contributed by atoms with Crippen molar-refractivity contribution in [3.05, 3.63) is 206 Å². The molecule has 11 aromatic rings. The Hall–Kier alpha value is -7.96. The normalized spacial score (nSPS) is 12.5. The first-order valence-corrected chi connectivity index (χ1v) is 20.5. The van der Waals surface area contributed by atoms with Gasteiger partial charge in [-0.1, -0.05) is 115 Å². The first-order valence-electron chi connectivity index (χ1n) is 20.5. The highest BCUT2D eigenvalue weighted by atomic mass is 16.3. The van der Waals surface area contributed by atoms with E-state index in [9.17, 15) is 0 Å². The maximum absolute atomic E-state index is 6.63. The van der Waals surface area contributed by atoms with Crippen LogP contribution < -0.4 is 9.80 Å². The molecule has 1 aliphatic carbocycles. The highest BCUT2D eigenvalue weighted by Crippen LogP contribution is 2.45. The Morgan fingerprint density at radius 1 is 0.483 bits per heavy atom. The van der Waals surface area contributed by atoms with E-state index in [0.29, 0.717) is 5.58 Å². The Morgan fingerprint density at radius 2 is 1.02 bits per heavy atom. The van der Waals surface area contributed by atoms with E-state index in [-0.39, 0.29) is 0 Å². The minimum atomic E-state index is 0.698. The lowest BCUT2D eigenvalue weighted by molar-refractivity contribution is 0.591. The summed E-state index contributed by atoms with van der Waals surface area (Å²) < 4.78 is 8.89. The summed E-state index contributed by atoms with van der Waals surface area (Å²) in [7, 11) is 0. The van der Waals surface area contributed by atoms with Crippen molar-refractivity contribution < 1.29 is 4.42 Å². The summed E-state index contributed by atoms with van der Waals surface area (Å²) >= 11 is 0. The van der Waals surface area contributed by atoms with Crippen LogP contribution in [0.15, 0.2) is 199 Å². The van der Waals surface area contributed by atoms with Crippen LogP contribution in [-0.4, -0.2) is 14.5 Å². The van der Waals surface area contributed by atoms with Gasteiger partial charge < -0.3 is 14.2 Å². The third kappa shape index (κ3) is 5.42. The molecule has 8 aromatic carbocycles. The highest BCUT2D eigenvalue weighted by Gasteiger charge is 2.25. The molecule has 0 amide bonds. The number of fused-ring (bicyclic) bond motifs is 8. The fraction of sp³-hybridized carbons (Fsp3) is 0.0370. The largest absolute Gasteiger partial charge is 0.451 e. The van der Waals surface area contributed by atoms with Gasteiger partial charge in [0.05, 0.1) is 22.4 Å². The molecule has 0 fully saturated rings. The van der Waals surface area contributed by atoms with E-state index in [1.807, 2.05) is 0 Å². The van der Waals surface area contributed by atoms with Crippen LogP contribution in [0.4, 0.5) is 34.1 Å². The second-order valence-electron chi connectivity index (χ2n) is 15.3. The number of hydrogen-bond donors (Lipinski definition) is 0. The van der Waals surface area contributed by atoms with Gasteiger partial charge in [-0.15, -0.1) is 0 Å². The molecular weight excluding hydrogens is 735 g/mol. The summed E-state index contributed by atoms with van der Waals surface area (Å²) in [5.74, 6) is 1.59. The Balaban J connectivity index is 1.15. The number of furan rings is 1. The number of para-hydroxylation sites is 2. The molecule has 0 unspecified atom stereocenters. The summed E-state index contributed by atoms with van der Waals surface area (Å²) in [6.07, 6.45) is 7.78. The van der Waals surface area contributed by atoms with Gasteiger partial charge >= 0.3 is 0 Å². The second kappa shape index (κ2) is 13.9. The zero-order valence-corrected chi connectivity index (χ0v) is 32.6. The smallest absolute Gasteiger partial charge is 0.196 e. The summed E-state index contributed by atoms with van der Waals surface area (Å²) in [5.41, 5.74) is 11.3. The Bertz CT molecular complexity index is 3270. The lowest BCUT2D eigenvalue weighted by Crippen LogP contribution is -2.10. The molecule has 60 heavy (non-hydrogen) atoms. The second-order valence-corrected chi connectivity index (χ2v) is 15.3. The van der Waals surface area contributed by atoms with Gasteiger partial charge in [-0.25, -0.2) is 9.97 Å². The van der Waals surface area contributed by atoms with Crippen molar-refractivity contribution in [1.29, 1.82) is 0 Å². The van der Waals surface area contributed by atoms with E-state index in [4.69, 9.17) is 14.4 Å². The zero-order valence-electron chi connectivity index (χ0n) is 32.6. The third-order valence-corrected chi connectivity index (χ3v) is 11.9. The van der Waals surface area contributed by atoms with Crippen molar-refractivity contribution in [2.75, 3.05) is 9.80 Å². The van der Waals surface area contributed by atoms with E-state index in [1.54, 1.807) is 6.33 Å². The van der Waals surface area contributed by atoms with Gasteiger partial charge in [0.2, 0.25) is 0 Å². The number of nitrogens with zero attached hydrogens (tertiary/aromatic N) is 5. The van der Waals surface area contributed by atoms with Crippen molar-refractivity contribution in [1.82, 2.24) is 14.5 Å². The fourth-order valence-corrected chi connectivity index (χ4v) is 9.24. The SMILES string of the molecule is C1=Cc2oc3c(-n4c5ccc(N(c6ccccc6)c6cccc7ccccc67)cc5c5cc(N(c6ccccc6)c6cccc7ccccc67)ccc54)ncnc3c2CC1. The number of aromatic nitrogens is 3. The molecule has 284 valence electrons. The molecule has 0 saturated heterocycles. The first kappa shape index (κ1) is 34.1. The lowest BCUT2D eigenvalue weighted by atomic mass is 10.0. The Morgan fingerprint density at radius 3 is 1.60 bits per heavy atom. The highest BCUT2D eigenvalue weighted by molar-refractivity contribution is 6.13. The van der Waals surface area contributed by atoms with E-state index in [1.165, 1.54) is 21.5 Å². The number of allylic oxidation sites excluding steroid dienone is 1. The molecule has 0 N–H and O–H groups in total. The summed E-state index contributed by atoms with van der Waals surface area (Å²) in [5, 5.41) is 6.94. The van der Waals surface area contributed by atoms with Crippen LogP contribution in [0.3, 0.4) is 0 Å². The third-order valence-electron chi connectivity index (χ3n) is 11.9. The Kier molecular flexibility index (Phi) is 7.88. The summed E-state index contributed by atoms with van der Waals surface area (Å²) in [6, 6.07) is 65.2. The molecule has 3 heterocycles. The fourth-order valence-electron chi connectivity index (χ4n) is 9.24. The van der Waals surface area contributed by atoms with Crippen molar-refractivity contribution in [2.24, 2.45) is 0 Å². The van der Waals surface area contributed by atoms with E-state index >= 15 is 0 Å². The number of rotatable bonds is 7. The minimum absolute atomic E-state index is 0.698. The predicted octanol–water partition coefficient (Wildman–Crippen LogP) is 14.5. The monoisotopic (exact) mass is 771 g/mol. The lowest BCUT2D eigenvalue weighted by Gasteiger charge is -2.27. The first-order chi connectivity index (χ1) is 29.8. The molecule has 0 bridgehead atoms. The van der Waals surface area contributed by atoms with Crippen molar-refractivity contribution in [2.45, 2.75) is 12.8 Å². The van der Waals surface area contributed by atoms with Crippen LogP contribution >= 0.6 is 0 Å². The van der Waals surface area contributed by atoms with Crippen LogP contribution in [0.2, 0.25) is 0 Å². The van der Waals surface area contributed by atoms with Gasteiger partial charge in [-0.3, -0.25) is 4.57 Å². The Labute approximate surface area is 346 Å². The topological polar surface area (TPSA) is 50.3 Å². The standard InChI is InChI=1S/C54H37N5O/c1-3-19-38(20-4-1)57(47-26-13-17-36-15-7-9-23-42(36)47)40-29-31-49-45(33-40)46-34-41(58(39-21-5-2-6-22-39)48-27-14-18-37-16-8-10-24-43(37)48)30-32-50(46)59(49)54-53-52(55-35-56-54)44-25-11-12-28-51(44)60-53/h1-10,12-24,26-35H,11,25H2. The van der Waals surface area contributed by atoms with Crippen molar-refractivity contribution >= 4 is 94.7 Å². The minimum Gasteiger partial charge on any atom is -0.451 e. The number of hydrogen-bond acceptors (Lipinski definition) is 5. The molecule has 0 atom stereocenters. The number of aryl methyl sites for hydroxylation is 1. The average Bonchev–Trinajstić information content (AvgIpc) is 3.86. The van der Waals surface area contributed by atoms with Crippen LogP contribution in [0, 0.1) is 0 Å². The molecule has 3 aromatic heterocycles. The number of benzene rings is 8. The van der Waals surface area contributed by atoms with Gasteiger partial charge in [0.1, 0.15) is 17.6 Å². The molecule has 0 spiro atoms. The van der Waals surface area contributed by atoms with Crippen LogP contribution in [0.1, 0.15) is 17.7 Å². The molecule has 12 rings (SSSR count). The molecule has 0 saturated carbocycles. The zero-order chi connectivity index (χ0) is 39.6. The molecule has 0 aliphatic heterocycles. The molecule has 0 radical (unpaired) electrons. The molecule has 1 aliphatic rings. The average molecular weight is 772 g/mol. The predicted molar refractivity (Wildman–Crippen MR) is 248 cm³/mol. The molecule has 6 heteroatoms. The van der Waals surface area contributed by atoms with Gasteiger partial charge in [0.15, 0.2) is 11.4 Å². The number of anilines is 6. The van der Waals surface area contributed by atoms with Gasteiger partial charge in [0, 0.05) is 49.9 Å². The van der Waals surface area contributed by atoms with E-state index < -0.39 is 0 Å². The van der Waals surface area contributed by atoms with Gasteiger partial charge in [-0.05, 0) is 102 Å². The molecular formula is C54H37N5O. The van der Waals surface area contributed by atoms with Crippen LogP contribution in [-0.2, 0) is 6.42 Å².